The van der Waals surface area contributed by atoms with Crippen molar-refractivity contribution in [1.82, 2.24) is 0 Å². The molecule has 0 aromatic carbocycles. The maximum Gasteiger partial charge on any atom is 0.382 e. The number of thioether (sulfide) groups is 2. The van der Waals surface area contributed by atoms with Crippen molar-refractivity contribution in [3.63, 3.8) is 0 Å². The van der Waals surface area contributed by atoms with E-state index < -0.39 is 23.5 Å². The van der Waals surface area contributed by atoms with E-state index >= 15 is 0 Å². The standard InChI is InChI=1S/C13H20O5S2/c1-3-7-20-9-6-11(15)13(17)18-12(16)10(14)5-8-19-4-2/h3-9H2,1-2H3. The summed E-state index contributed by atoms with van der Waals surface area (Å²) < 4.78 is 4.27. The zero-order valence-electron chi connectivity index (χ0n) is 11.8. The van der Waals surface area contributed by atoms with Crippen LogP contribution in [-0.4, -0.2) is 46.5 Å². The zero-order valence-corrected chi connectivity index (χ0v) is 13.4. The second-order valence-corrected chi connectivity index (χ2v) is 6.45. The number of hydrogen-bond acceptors (Lipinski definition) is 7. The zero-order chi connectivity index (χ0) is 15.4. The van der Waals surface area contributed by atoms with Crippen molar-refractivity contribution >= 4 is 47.0 Å². The van der Waals surface area contributed by atoms with E-state index in [4.69, 9.17) is 0 Å². The van der Waals surface area contributed by atoms with Crippen LogP contribution in [0.4, 0.5) is 0 Å². The molecule has 0 bridgehead atoms. The lowest BCUT2D eigenvalue weighted by molar-refractivity contribution is -0.167. The molecule has 0 saturated carbocycles. The van der Waals surface area contributed by atoms with Crippen LogP contribution in [-0.2, 0) is 23.9 Å². The van der Waals surface area contributed by atoms with Crippen LogP contribution in [0.5, 0.6) is 0 Å². The number of esters is 2. The van der Waals surface area contributed by atoms with Crippen LogP contribution in [0.1, 0.15) is 33.1 Å². The maximum absolute atomic E-state index is 11.4. The van der Waals surface area contributed by atoms with Crippen molar-refractivity contribution in [3.05, 3.63) is 0 Å². The Labute approximate surface area is 127 Å². The fourth-order valence-electron chi connectivity index (χ4n) is 1.12. The Hall–Kier alpha value is -0.820. The summed E-state index contributed by atoms with van der Waals surface area (Å²) in [5.74, 6) is -1.24. The van der Waals surface area contributed by atoms with Gasteiger partial charge >= 0.3 is 11.9 Å². The van der Waals surface area contributed by atoms with Gasteiger partial charge in [-0.3, -0.25) is 9.59 Å². The molecule has 0 N–H and O–H groups in total. The molecule has 0 fully saturated rings. The van der Waals surface area contributed by atoms with E-state index in [0.717, 1.165) is 17.9 Å². The predicted octanol–water partition coefficient (Wildman–Crippen LogP) is 1.87. The number of ether oxygens (including phenoxy) is 1. The normalized spacial score (nSPS) is 10.1. The van der Waals surface area contributed by atoms with Gasteiger partial charge in [0.2, 0.25) is 11.6 Å². The van der Waals surface area contributed by atoms with Crippen molar-refractivity contribution in [2.75, 3.05) is 23.0 Å². The fraction of sp³-hybridized carbons (Fsp3) is 0.692. The quantitative estimate of drug-likeness (QED) is 0.249. The molecule has 0 rings (SSSR count). The number of carbonyl (C=O) groups is 4. The van der Waals surface area contributed by atoms with E-state index in [2.05, 4.69) is 4.74 Å². The SMILES string of the molecule is CCCSCCC(=O)C(=O)OC(=O)C(=O)CCSCC. The predicted molar refractivity (Wildman–Crippen MR) is 81.0 cm³/mol. The maximum atomic E-state index is 11.4. The Kier molecular flexibility index (Phi) is 11.5. The summed E-state index contributed by atoms with van der Waals surface area (Å²) in [5, 5.41) is 0. The second-order valence-electron chi connectivity index (χ2n) is 3.83. The van der Waals surface area contributed by atoms with Crippen LogP contribution < -0.4 is 0 Å². The number of Topliss-reactive ketones (excluding diaryl/α,β-unsaturated/α-hetero) is 2. The topological polar surface area (TPSA) is 77.5 Å². The molecule has 0 saturated heterocycles. The summed E-state index contributed by atoms with van der Waals surface area (Å²) in [6, 6.07) is 0. The molecule has 0 aliphatic carbocycles. The second kappa shape index (κ2) is 12.0. The molecule has 0 atom stereocenters. The van der Waals surface area contributed by atoms with E-state index in [0.29, 0.717) is 11.5 Å². The molecule has 0 heterocycles. The summed E-state index contributed by atoms with van der Waals surface area (Å²) in [5.41, 5.74) is 0. The van der Waals surface area contributed by atoms with E-state index in [1.807, 2.05) is 13.8 Å². The number of ketones is 2. The largest absolute Gasteiger partial charge is 0.382 e. The third-order valence-electron chi connectivity index (χ3n) is 2.14. The molecular weight excluding hydrogens is 300 g/mol. The van der Waals surface area contributed by atoms with Gasteiger partial charge in [0, 0.05) is 24.3 Å². The Morgan fingerprint density at radius 1 is 0.800 bits per heavy atom. The van der Waals surface area contributed by atoms with Crippen LogP contribution >= 0.6 is 23.5 Å². The van der Waals surface area contributed by atoms with Crippen LogP contribution in [0.25, 0.3) is 0 Å². The third-order valence-corrected chi connectivity index (χ3v) is 4.23. The first-order chi connectivity index (χ1) is 9.52. The van der Waals surface area contributed by atoms with Gasteiger partial charge in [-0.15, -0.1) is 0 Å². The molecule has 0 amide bonds. The van der Waals surface area contributed by atoms with Gasteiger partial charge in [0.15, 0.2) is 0 Å². The van der Waals surface area contributed by atoms with Crippen molar-refractivity contribution in [3.8, 4) is 0 Å². The molecule has 7 heteroatoms. The summed E-state index contributed by atoms with van der Waals surface area (Å²) >= 11 is 3.07. The first-order valence-electron chi connectivity index (χ1n) is 6.50. The number of hydrogen-bond donors (Lipinski definition) is 0. The Morgan fingerprint density at radius 2 is 1.30 bits per heavy atom. The van der Waals surface area contributed by atoms with Crippen molar-refractivity contribution in [2.45, 2.75) is 33.1 Å². The highest BCUT2D eigenvalue weighted by Gasteiger charge is 2.23. The van der Waals surface area contributed by atoms with Gasteiger partial charge in [-0.05, 0) is 17.9 Å². The molecule has 0 radical (unpaired) electrons. The first-order valence-corrected chi connectivity index (χ1v) is 8.81. The van der Waals surface area contributed by atoms with E-state index in [1.165, 1.54) is 11.8 Å². The summed E-state index contributed by atoms with van der Waals surface area (Å²) in [6.45, 7) is 3.95. The highest BCUT2D eigenvalue weighted by Crippen LogP contribution is 2.05. The Morgan fingerprint density at radius 3 is 1.75 bits per heavy atom. The van der Waals surface area contributed by atoms with Crippen molar-refractivity contribution in [1.29, 1.82) is 0 Å². The van der Waals surface area contributed by atoms with Crippen LogP contribution in [0, 0.1) is 0 Å². The molecule has 114 valence electrons. The van der Waals surface area contributed by atoms with E-state index in [9.17, 15) is 19.2 Å². The van der Waals surface area contributed by atoms with Crippen molar-refractivity contribution in [2.24, 2.45) is 0 Å². The van der Waals surface area contributed by atoms with Gasteiger partial charge < -0.3 is 4.74 Å². The van der Waals surface area contributed by atoms with Crippen LogP contribution in [0.15, 0.2) is 0 Å². The molecule has 20 heavy (non-hydrogen) atoms. The van der Waals surface area contributed by atoms with Gasteiger partial charge in [0.25, 0.3) is 0 Å². The summed E-state index contributed by atoms with van der Waals surface area (Å²) in [4.78, 5) is 45.3. The summed E-state index contributed by atoms with van der Waals surface area (Å²) in [7, 11) is 0. The molecular formula is C13H20O5S2. The minimum Gasteiger partial charge on any atom is -0.381 e. The minimum absolute atomic E-state index is 0.0190. The monoisotopic (exact) mass is 320 g/mol. The first kappa shape index (κ1) is 19.2. The number of carbonyl (C=O) groups excluding carboxylic acids is 4. The van der Waals surface area contributed by atoms with Crippen LogP contribution in [0.2, 0.25) is 0 Å². The fourth-order valence-corrected chi connectivity index (χ4v) is 2.56. The molecule has 0 aliphatic rings. The average molecular weight is 320 g/mol. The smallest absolute Gasteiger partial charge is 0.381 e. The minimum atomic E-state index is -1.23. The van der Waals surface area contributed by atoms with E-state index in [1.54, 1.807) is 11.8 Å². The van der Waals surface area contributed by atoms with Gasteiger partial charge in [-0.2, -0.15) is 23.5 Å². The highest BCUT2D eigenvalue weighted by molar-refractivity contribution is 7.99. The Balaban J connectivity index is 3.96. The lowest BCUT2D eigenvalue weighted by Gasteiger charge is -2.02. The third kappa shape index (κ3) is 9.14. The average Bonchev–Trinajstić information content (AvgIpc) is 2.43. The molecule has 0 aromatic rings. The van der Waals surface area contributed by atoms with Crippen molar-refractivity contribution < 1.29 is 23.9 Å². The number of rotatable bonds is 11. The van der Waals surface area contributed by atoms with Gasteiger partial charge in [0.1, 0.15) is 0 Å². The Bertz CT molecular complexity index is 355. The molecule has 5 nitrogen and oxygen atoms in total. The van der Waals surface area contributed by atoms with E-state index in [-0.39, 0.29) is 12.8 Å². The van der Waals surface area contributed by atoms with Gasteiger partial charge in [-0.1, -0.05) is 13.8 Å². The molecule has 0 aliphatic heterocycles. The lowest BCUT2D eigenvalue weighted by atomic mass is 10.3. The van der Waals surface area contributed by atoms with Gasteiger partial charge in [0.05, 0.1) is 0 Å². The highest BCUT2D eigenvalue weighted by atomic mass is 32.2. The lowest BCUT2D eigenvalue weighted by Crippen LogP contribution is -2.26. The summed E-state index contributed by atoms with van der Waals surface area (Å²) in [6.07, 6.45) is 1.04. The van der Waals surface area contributed by atoms with Crippen LogP contribution in [0.3, 0.4) is 0 Å². The van der Waals surface area contributed by atoms with Gasteiger partial charge in [-0.25, -0.2) is 9.59 Å². The molecule has 0 unspecified atom stereocenters. The molecule has 0 aromatic heterocycles. The molecule has 0 spiro atoms.